The second-order valence-corrected chi connectivity index (χ2v) is 6.14. The zero-order valence-electron chi connectivity index (χ0n) is 13.5. The SMILES string of the molecule is CCc1noc(CSc2nnc(-c3ccco3)n2-c2ccccc2)n1. The van der Waals surface area contributed by atoms with Gasteiger partial charge < -0.3 is 8.94 Å². The van der Waals surface area contributed by atoms with Crippen molar-refractivity contribution in [2.45, 2.75) is 24.3 Å². The summed E-state index contributed by atoms with van der Waals surface area (Å²) in [6.07, 6.45) is 2.37. The Morgan fingerprint density at radius 2 is 1.96 bits per heavy atom. The molecule has 0 aliphatic carbocycles. The lowest BCUT2D eigenvalue weighted by Gasteiger charge is -2.08. The summed E-state index contributed by atoms with van der Waals surface area (Å²) in [7, 11) is 0. The number of hydrogen-bond donors (Lipinski definition) is 0. The van der Waals surface area contributed by atoms with E-state index in [9.17, 15) is 0 Å². The van der Waals surface area contributed by atoms with E-state index in [1.807, 2.05) is 54.0 Å². The van der Waals surface area contributed by atoms with Gasteiger partial charge in [0.15, 0.2) is 16.7 Å². The zero-order chi connectivity index (χ0) is 17.1. The van der Waals surface area contributed by atoms with Gasteiger partial charge in [0.1, 0.15) is 0 Å². The minimum absolute atomic E-state index is 0.524. The predicted octanol–water partition coefficient (Wildman–Crippen LogP) is 3.77. The lowest BCUT2D eigenvalue weighted by atomic mass is 10.3. The van der Waals surface area contributed by atoms with Crippen LogP contribution in [-0.4, -0.2) is 24.9 Å². The summed E-state index contributed by atoms with van der Waals surface area (Å²) in [5.74, 6) is 3.11. The molecule has 3 aromatic heterocycles. The molecule has 4 rings (SSSR count). The summed E-state index contributed by atoms with van der Waals surface area (Å²) in [6, 6.07) is 13.6. The van der Waals surface area contributed by atoms with Crippen molar-refractivity contribution in [3.63, 3.8) is 0 Å². The summed E-state index contributed by atoms with van der Waals surface area (Å²) >= 11 is 1.49. The Morgan fingerprint density at radius 1 is 1.08 bits per heavy atom. The van der Waals surface area contributed by atoms with Crippen LogP contribution in [0, 0.1) is 0 Å². The van der Waals surface area contributed by atoms with E-state index in [0.717, 1.165) is 17.3 Å². The molecule has 0 N–H and O–H groups in total. The van der Waals surface area contributed by atoms with Crippen molar-refractivity contribution < 1.29 is 8.94 Å². The van der Waals surface area contributed by atoms with E-state index in [1.165, 1.54) is 11.8 Å². The molecular weight excluding hydrogens is 338 g/mol. The van der Waals surface area contributed by atoms with Crippen molar-refractivity contribution in [1.29, 1.82) is 0 Å². The fourth-order valence-electron chi connectivity index (χ4n) is 2.36. The second kappa shape index (κ2) is 6.94. The van der Waals surface area contributed by atoms with Gasteiger partial charge in [-0.05, 0) is 24.3 Å². The molecule has 0 saturated carbocycles. The van der Waals surface area contributed by atoms with Gasteiger partial charge in [-0.15, -0.1) is 10.2 Å². The topological polar surface area (TPSA) is 82.8 Å². The monoisotopic (exact) mass is 353 g/mol. The number of aryl methyl sites for hydroxylation is 1. The van der Waals surface area contributed by atoms with Crippen molar-refractivity contribution in [2.24, 2.45) is 0 Å². The number of hydrogen-bond acceptors (Lipinski definition) is 7. The molecule has 0 spiro atoms. The van der Waals surface area contributed by atoms with Crippen molar-refractivity contribution in [2.75, 3.05) is 0 Å². The van der Waals surface area contributed by atoms with E-state index in [-0.39, 0.29) is 0 Å². The average molecular weight is 353 g/mol. The molecule has 3 heterocycles. The van der Waals surface area contributed by atoms with Gasteiger partial charge in [-0.1, -0.05) is 42.0 Å². The molecule has 0 aliphatic rings. The Hall–Kier alpha value is -2.87. The third-order valence-electron chi connectivity index (χ3n) is 3.54. The first-order valence-corrected chi connectivity index (χ1v) is 8.82. The Labute approximate surface area is 148 Å². The van der Waals surface area contributed by atoms with E-state index >= 15 is 0 Å². The van der Waals surface area contributed by atoms with E-state index < -0.39 is 0 Å². The molecule has 0 fully saturated rings. The first kappa shape index (κ1) is 15.6. The van der Waals surface area contributed by atoms with Crippen LogP contribution in [0.4, 0.5) is 0 Å². The fraction of sp³-hybridized carbons (Fsp3) is 0.176. The van der Waals surface area contributed by atoms with Crippen LogP contribution in [0.5, 0.6) is 0 Å². The second-order valence-electron chi connectivity index (χ2n) is 5.20. The summed E-state index contributed by atoms with van der Waals surface area (Å²) in [4.78, 5) is 4.33. The van der Waals surface area contributed by atoms with Crippen LogP contribution in [0.3, 0.4) is 0 Å². The molecule has 1 aromatic carbocycles. The molecule has 0 saturated heterocycles. The van der Waals surface area contributed by atoms with Gasteiger partial charge in [-0.2, -0.15) is 4.98 Å². The van der Waals surface area contributed by atoms with Crippen molar-refractivity contribution in [3.8, 4) is 17.3 Å². The lowest BCUT2D eigenvalue weighted by molar-refractivity contribution is 0.385. The molecule has 25 heavy (non-hydrogen) atoms. The van der Waals surface area contributed by atoms with Gasteiger partial charge in [-0.25, -0.2) is 0 Å². The molecule has 8 heteroatoms. The molecule has 126 valence electrons. The molecule has 0 amide bonds. The van der Waals surface area contributed by atoms with Gasteiger partial charge in [-0.3, -0.25) is 4.57 Å². The normalized spacial score (nSPS) is 11.1. The third kappa shape index (κ3) is 3.20. The Bertz CT molecular complexity index is 947. The van der Waals surface area contributed by atoms with Gasteiger partial charge in [0, 0.05) is 12.1 Å². The number of aromatic nitrogens is 5. The highest BCUT2D eigenvalue weighted by atomic mass is 32.2. The maximum Gasteiger partial charge on any atom is 0.237 e. The fourth-order valence-corrected chi connectivity index (χ4v) is 3.15. The van der Waals surface area contributed by atoms with Gasteiger partial charge in [0.25, 0.3) is 0 Å². The van der Waals surface area contributed by atoms with Crippen LogP contribution in [0.25, 0.3) is 17.3 Å². The van der Waals surface area contributed by atoms with E-state index in [4.69, 9.17) is 8.94 Å². The van der Waals surface area contributed by atoms with Crippen LogP contribution >= 0.6 is 11.8 Å². The molecule has 0 aliphatic heterocycles. The number of thioether (sulfide) groups is 1. The summed E-state index contributed by atoms with van der Waals surface area (Å²) in [5, 5.41) is 13.3. The number of nitrogens with zero attached hydrogens (tertiary/aromatic N) is 5. The van der Waals surface area contributed by atoms with E-state index in [2.05, 4.69) is 20.3 Å². The van der Waals surface area contributed by atoms with E-state index in [0.29, 0.717) is 29.1 Å². The Balaban J connectivity index is 1.67. The van der Waals surface area contributed by atoms with Crippen molar-refractivity contribution >= 4 is 11.8 Å². The molecule has 0 radical (unpaired) electrons. The zero-order valence-corrected chi connectivity index (χ0v) is 14.3. The molecule has 4 aromatic rings. The van der Waals surface area contributed by atoms with Crippen LogP contribution in [-0.2, 0) is 12.2 Å². The standard InChI is InChI=1S/C17H15N5O2S/c1-2-14-18-15(24-21-14)11-25-17-20-19-16(13-9-6-10-23-13)22(17)12-7-4-3-5-8-12/h3-10H,2,11H2,1H3. The van der Waals surface area contributed by atoms with Gasteiger partial charge in [0.05, 0.1) is 12.0 Å². The average Bonchev–Trinajstić information content (AvgIpc) is 3.39. The highest BCUT2D eigenvalue weighted by molar-refractivity contribution is 7.98. The molecule has 0 atom stereocenters. The Kier molecular flexibility index (Phi) is 4.34. The lowest BCUT2D eigenvalue weighted by Crippen LogP contribution is -1.99. The third-order valence-corrected chi connectivity index (χ3v) is 4.45. The van der Waals surface area contributed by atoms with Crippen molar-refractivity contribution in [3.05, 3.63) is 60.4 Å². The largest absolute Gasteiger partial charge is 0.461 e. The highest BCUT2D eigenvalue weighted by Crippen LogP contribution is 2.29. The predicted molar refractivity (Wildman–Crippen MR) is 92.3 cm³/mol. The summed E-state index contributed by atoms with van der Waals surface area (Å²) in [6.45, 7) is 1.99. The van der Waals surface area contributed by atoms with E-state index in [1.54, 1.807) is 6.26 Å². The smallest absolute Gasteiger partial charge is 0.237 e. The first-order chi connectivity index (χ1) is 12.3. The molecule has 7 nitrogen and oxygen atoms in total. The van der Waals surface area contributed by atoms with Crippen LogP contribution in [0.15, 0.2) is 62.8 Å². The summed E-state index contributed by atoms with van der Waals surface area (Å²) < 4.78 is 12.7. The quantitative estimate of drug-likeness (QED) is 0.488. The van der Waals surface area contributed by atoms with Crippen molar-refractivity contribution in [1.82, 2.24) is 24.9 Å². The first-order valence-electron chi connectivity index (χ1n) is 7.84. The van der Waals surface area contributed by atoms with Gasteiger partial charge >= 0.3 is 0 Å². The molecule has 0 unspecified atom stereocenters. The molecule has 0 bridgehead atoms. The van der Waals surface area contributed by atoms with Crippen LogP contribution < -0.4 is 0 Å². The van der Waals surface area contributed by atoms with Crippen LogP contribution in [0.1, 0.15) is 18.6 Å². The number of benzene rings is 1. The number of rotatable bonds is 6. The van der Waals surface area contributed by atoms with Crippen LogP contribution in [0.2, 0.25) is 0 Å². The minimum Gasteiger partial charge on any atom is -0.461 e. The number of furan rings is 1. The van der Waals surface area contributed by atoms with Gasteiger partial charge in [0.2, 0.25) is 11.7 Å². The maximum atomic E-state index is 5.50. The highest BCUT2D eigenvalue weighted by Gasteiger charge is 2.18. The summed E-state index contributed by atoms with van der Waals surface area (Å²) in [5.41, 5.74) is 0.959. The molecular formula is C17H15N5O2S. The minimum atomic E-state index is 0.524. The maximum absolute atomic E-state index is 5.50. The number of para-hydroxylation sites is 1. The Morgan fingerprint density at radius 3 is 2.68 bits per heavy atom.